The van der Waals surface area contributed by atoms with Gasteiger partial charge >= 0.3 is 12.4 Å². The lowest BCUT2D eigenvalue weighted by Gasteiger charge is -2.16. The Morgan fingerprint density at radius 3 is 2.18 bits per heavy atom. The molecule has 0 atom stereocenters. The van der Waals surface area contributed by atoms with E-state index in [4.69, 9.17) is 5.73 Å². The first-order chi connectivity index (χ1) is 15.5. The maximum Gasteiger partial charge on any atom is 0.416 e. The van der Waals surface area contributed by atoms with E-state index < -0.39 is 23.5 Å². The summed E-state index contributed by atoms with van der Waals surface area (Å²) in [5.41, 5.74) is 4.54. The summed E-state index contributed by atoms with van der Waals surface area (Å²) in [5, 5.41) is 5.64. The quantitative estimate of drug-likeness (QED) is 0.265. The third-order valence-corrected chi connectivity index (χ3v) is 4.49. The number of pyridine rings is 1. The van der Waals surface area contributed by atoms with E-state index in [2.05, 4.69) is 20.6 Å². The normalized spacial score (nSPS) is 12.5. The molecule has 0 bridgehead atoms. The van der Waals surface area contributed by atoms with E-state index in [9.17, 15) is 26.3 Å². The molecule has 11 heteroatoms. The van der Waals surface area contributed by atoms with Crippen molar-refractivity contribution in [2.24, 2.45) is 4.99 Å². The highest BCUT2D eigenvalue weighted by molar-refractivity contribution is 5.92. The lowest BCUT2D eigenvalue weighted by molar-refractivity contribution is -0.138. The van der Waals surface area contributed by atoms with E-state index in [0.717, 1.165) is 18.2 Å². The van der Waals surface area contributed by atoms with Crippen LogP contribution in [-0.4, -0.2) is 10.9 Å². The molecule has 33 heavy (non-hydrogen) atoms. The SMILES string of the molecule is Nc1cccc(NC(=NCc2ccc(C(F)(F)F)cc2)NCc2ccccc2C(F)(F)F)n1. The summed E-state index contributed by atoms with van der Waals surface area (Å²) in [7, 11) is 0. The summed E-state index contributed by atoms with van der Waals surface area (Å²) in [6, 6.07) is 14.3. The van der Waals surface area contributed by atoms with Crippen molar-refractivity contribution >= 4 is 17.6 Å². The topological polar surface area (TPSA) is 75.3 Å². The minimum Gasteiger partial charge on any atom is -0.384 e. The van der Waals surface area contributed by atoms with Gasteiger partial charge in [0.2, 0.25) is 0 Å². The van der Waals surface area contributed by atoms with Crippen LogP contribution in [0.1, 0.15) is 22.3 Å². The van der Waals surface area contributed by atoms with E-state index in [1.165, 1.54) is 30.3 Å². The number of aliphatic imine (C=N–C) groups is 1. The highest BCUT2D eigenvalue weighted by Crippen LogP contribution is 2.32. The Kier molecular flexibility index (Phi) is 7.10. The average Bonchev–Trinajstić information content (AvgIpc) is 2.75. The van der Waals surface area contributed by atoms with Crippen molar-refractivity contribution in [3.63, 3.8) is 0 Å². The first-order valence-electron chi connectivity index (χ1n) is 9.61. The van der Waals surface area contributed by atoms with Crippen molar-refractivity contribution in [1.29, 1.82) is 0 Å². The number of alkyl halides is 6. The number of guanidine groups is 1. The molecule has 0 unspecified atom stereocenters. The fourth-order valence-electron chi connectivity index (χ4n) is 2.88. The zero-order chi connectivity index (χ0) is 24.1. The summed E-state index contributed by atoms with van der Waals surface area (Å²) in [6.45, 7) is -0.243. The van der Waals surface area contributed by atoms with Gasteiger partial charge in [0, 0.05) is 6.54 Å². The summed E-state index contributed by atoms with van der Waals surface area (Å²) in [6.07, 6.45) is -8.99. The molecule has 1 aromatic heterocycles. The number of rotatable bonds is 5. The van der Waals surface area contributed by atoms with Crippen molar-refractivity contribution in [3.05, 3.63) is 89.0 Å². The van der Waals surface area contributed by atoms with Gasteiger partial charge < -0.3 is 16.4 Å². The fourth-order valence-corrected chi connectivity index (χ4v) is 2.88. The molecule has 0 amide bonds. The lowest BCUT2D eigenvalue weighted by atomic mass is 10.1. The van der Waals surface area contributed by atoms with Crippen LogP contribution in [0.15, 0.2) is 71.7 Å². The van der Waals surface area contributed by atoms with Gasteiger partial charge in [-0.15, -0.1) is 0 Å². The average molecular weight is 467 g/mol. The highest BCUT2D eigenvalue weighted by Gasteiger charge is 2.33. The molecule has 3 aromatic rings. The molecule has 3 rings (SSSR count). The predicted molar refractivity (Wildman–Crippen MR) is 113 cm³/mol. The van der Waals surface area contributed by atoms with E-state index in [1.54, 1.807) is 18.2 Å². The number of nitrogens with two attached hydrogens (primary N) is 1. The largest absolute Gasteiger partial charge is 0.416 e. The molecule has 174 valence electrons. The molecule has 0 radical (unpaired) electrons. The van der Waals surface area contributed by atoms with Crippen LogP contribution in [0.5, 0.6) is 0 Å². The van der Waals surface area contributed by atoms with Crippen LogP contribution in [0.2, 0.25) is 0 Å². The second-order valence-corrected chi connectivity index (χ2v) is 6.94. The lowest BCUT2D eigenvalue weighted by Crippen LogP contribution is -2.31. The van der Waals surface area contributed by atoms with E-state index in [1.807, 2.05) is 0 Å². The molecule has 0 aliphatic carbocycles. The van der Waals surface area contributed by atoms with Crippen LogP contribution in [0, 0.1) is 0 Å². The van der Waals surface area contributed by atoms with Gasteiger partial charge in [0.05, 0.1) is 17.7 Å². The third-order valence-electron chi connectivity index (χ3n) is 4.49. The Morgan fingerprint density at radius 1 is 0.848 bits per heavy atom. The van der Waals surface area contributed by atoms with E-state index >= 15 is 0 Å². The van der Waals surface area contributed by atoms with Crippen LogP contribution < -0.4 is 16.4 Å². The second kappa shape index (κ2) is 9.80. The Hall–Kier alpha value is -3.76. The molecule has 5 nitrogen and oxygen atoms in total. The number of hydrogen-bond acceptors (Lipinski definition) is 3. The smallest absolute Gasteiger partial charge is 0.384 e. The number of halogens is 6. The number of anilines is 2. The number of nitrogens with one attached hydrogen (secondary N) is 2. The molecular weight excluding hydrogens is 448 g/mol. The van der Waals surface area contributed by atoms with Crippen molar-refractivity contribution < 1.29 is 26.3 Å². The molecule has 1 heterocycles. The predicted octanol–water partition coefficient (Wildman–Crippen LogP) is 5.46. The van der Waals surface area contributed by atoms with E-state index in [-0.39, 0.29) is 36.2 Å². The maximum absolute atomic E-state index is 13.3. The molecule has 0 fully saturated rings. The van der Waals surface area contributed by atoms with Gasteiger partial charge in [-0.1, -0.05) is 36.4 Å². The van der Waals surface area contributed by atoms with Gasteiger partial charge in [-0.25, -0.2) is 9.98 Å². The summed E-state index contributed by atoms with van der Waals surface area (Å²) < 4.78 is 78.0. The van der Waals surface area contributed by atoms with Gasteiger partial charge in [-0.05, 0) is 41.5 Å². The molecule has 0 saturated heterocycles. The molecular formula is C22H19F6N5. The number of nitrogen functional groups attached to an aromatic ring is 1. The van der Waals surface area contributed by atoms with Gasteiger partial charge in [-0.3, -0.25) is 0 Å². The van der Waals surface area contributed by atoms with Crippen molar-refractivity contribution in [2.45, 2.75) is 25.4 Å². The minimum atomic E-state index is -4.53. The van der Waals surface area contributed by atoms with Crippen LogP contribution in [-0.2, 0) is 25.4 Å². The number of hydrogen-bond donors (Lipinski definition) is 3. The minimum absolute atomic E-state index is 0.00503. The van der Waals surface area contributed by atoms with Crippen LogP contribution in [0.3, 0.4) is 0 Å². The van der Waals surface area contributed by atoms with Crippen molar-refractivity contribution in [2.75, 3.05) is 11.1 Å². The van der Waals surface area contributed by atoms with Crippen LogP contribution in [0.4, 0.5) is 38.0 Å². The van der Waals surface area contributed by atoms with Crippen molar-refractivity contribution in [1.82, 2.24) is 10.3 Å². The number of benzene rings is 2. The number of aromatic nitrogens is 1. The fraction of sp³-hybridized carbons (Fsp3) is 0.182. The standard InChI is InChI=1S/C22H19F6N5/c23-21(24,25)16-10-8-14(9-11-16)12-30-20(33-19-7-3-6-18(29)32-19)31-13-15-4-1-2-5-17(15)22(26,27)28/h1-11H,12-13H2,(H4,29,30,31,32,33). The van der Waals surface area contributed by atoms with Gasteiger partial charge in [-0.2, -0.15) is 26.3 Å². The molecule has 0 aliphatic rings. The molecule has 0 spiro atoms. The van der Waals surface area contributed by atoms with Crippen LogP contribution in [0.25, 0.3) is 0 Å². The summed E-state index contributed by atoms with van der Waals surface area (Å²) >= 11 is 0. The highest BCUT2D eigenvalue weighted by atomic mass is 19.4. The van der Waals surface area contributed by atoms with Gasteiger partial charge in [0.25, 0.3) is 0 Å². The Morgan fingerprint density at radius 2 is 1.55 bits per heavy atom. The Balaban J connectivity index is 1.81. The number of nitrogens with zero attached hydrogens (tertiary/aromatic N) is 2. The molecule has 0 aliphatic heterocycles. The molecule has 0 saturated carbocycles. The first kappa shape index (κ1) is 23.9. The first-order valence-corrected chi connectivity index (χ1v) is 9.61. The van der Waals surface area contributed by atoms with Crippen LogP contribution >= 0.6 is 0 Å². The molecule has 4 N–H and O–H groups in total. The Bertz CT molecular complexity index is 1110. The van der Waals surface area contributed by atoms with Gasteiger partial charge in [0.15, 0.2) is 5.96 Å². The zero-order valence-electron chi connectivity index (χ0n) is 17.0. The summed E-state index contributed by atoms with van der Waals surface area (Å²) in [5.74, 6) is 0.576. The zero-order valence-corrected chi connectivity index (χ0v) is 17.0. The third kappa shape index (κ3) is 6.86. The van der Waals surface area contributed by atoms with Crippen molar-refractivity contribution in [3.8, 4) is 0 Å². The van der Waals surface area contributed by atoms with Gasteiger partial charge in [0.1, 0.15) is 11.6 Å². The monoisotopic (exact) mass is 467 g/mol. The molecule has 2 aromatic carbocycles. The Labute approximate surface area is 185 Å². The maximum atomic E-state index is 13.3. The second-order valence-electron chi connectivity index (χ2n) is 6.94. The summed E-state index contributed by atoms with van der Waals surface area (Å²) in [4.78, 5) is 8.33. The van der Waals surface area contributed by atoms with E-state index in [0.29, 0.717) is 5.56 Å².